The summed E-state index contributed by atoms with van der Waals surface area (Å²) >= 11 is 2.00. The molecule has 0 bridgehead atoms. The Morgan fingerprint density at radius 3 is 2.88 bits per heavy atom. The Labute approximate surface area is 108 Å². The number of hydrogen-bond donors (Lipinski definition) is 1. The molecule has 0 aliphatic carbocycles. The van der Waals surface area contributed by atoms with Gasteiger partial charge in [0.05, 0.1) is 12.7 Å². The molecule has 0 spiro atoms. The second kappa shape index (κ2) is 7.04. The maximum atomic E-state index is 5.88. The third-order valence-corrected chi connectivity index (χ3v) is 4.07. The normalized spacial score (nSPS) is 22.3. The Hall–Kier alpha value is -0.510. The zero-order valence-electron chi connectivity index (χ0n) is 10.4. The summed E-state index contributed by atoms with van der Waals surface area (Å²) < 4.78 is 5.88. The van der Waals surface area contributed by atoms with Crippen molar-refractivity contribution in [2.24, 2.45) is 0 Å². The molecule has 0 amide bonds. The molecular formula is C14H21NOS. The van der Waals surface area contributed by atoms with Gasteiger partial charge in [-0.15, -0.1) is 0 Å². The van der Waals surface area contributed by atoms with Gasteiger partial charge in [-0.2, -0.15) is 11.8 Å². The molecular weight excluding hydrogens is 230 g/mol. The van der Waals surface area contributed by atoms with Crippen LogP contribution in [-0.2, 0) is 11.2 Å². The van der Waals surface area contributed by atoms with Gasteiger partial charge in [0, 0.05) is 17.5 Å². The molecule has 2 atom stereocenters. The van der Waals surface area contributed by atoms with Crippen molar-refractivity contribution in [3.8, 4) is 0 Å². The molecule has 2 nitrogen and oxygen atoms in total. The van der Waals surface area contributed by atoms with Crippen LogP contribution >= 0.6 is 11.8 Å². The number of benzene rings is 1. The Morgan fingerprint density at radius 2 is 2.24 bits per heavy atom. The third kappa shape index (κ3) is 4.02. The van der Waals surface area contributed by atoms with Gasteiger partial charge < -0.3 is 10.1 Å². The Bertz CT molecular complexity index is 311. The largest absolute Gasteiger partial charge is 0.375 e. The molecule has 1 N–H and O–H groups in total. The van der Waals surface area contributed by atoms with E-state index in [2.05, 4.69) is 42.6 Å². The predicted octanol–water partition coefficient (Wildman–Crippen LogP) is 2.34. The van der Waals surface area contributed by atoms with Crippen LogP contribution in [0.1, 0.15) is 12.5 Å². The molecule has 1 saturated heterocycles. The Balaban J connectivity index is 1.96. The van der Waals surface area contributed by atoms with Crippen LogP contribution in [0.15, 0.2) is 30.3 Å². The predicted molar refractivity (Wildman–Crippen MR) is 74.7 cm³/mol. The zero-order valence-corrected chi connectivity index (χ0v) is 11.2. The van der Waals surface area contributed by atoms with Crippen LogP contribution in [0.25, 0.3) is 0 Å². The fourth-order valence-corrected chi connectivity index (χ4v) is 3.15. The second-order valence-corrected chi connectivity index (χ2v) is 5.49. The third-order valence-electron chi connectivity index (χ3n) is 3.06. The minimum absolute atomic E-state index is 0.355. The van der Waals surface area contributed by atoms with Crippen molar-refractivity contribution >= 4 is 11.8 Å². The molecule has 1 fully saturated rings. The highest BCUT2D eigenvalue weighted by molar-refractivity contribution is 7.99. The summed E-state index contributed by atoms with van der Waals surface area (Å²) in [7, 11) is 0. The highest BCUT2D eigenvalue weighted by Crippen LogP contribution is 2.18. The molecule has 94 valence electrons. The average Bonchev–Trinajstić information content (AvgIpc) is 2.40. The van der Waals surface area contributed by atoms with Gasteiger partial charge >= 0.3 is 0 Å². The molecule has 3 heteroatoms. The molecule has 1 aromatic rings. The van der Waals surface area contributed by atoms with Crippen molar-refractivity contribution in [1.82, 2.24) is 5.32 Å². The van der Waals surface area contributed by atoms with Crippen LogP contribution in [0.3, 0.4) is 0 Å². The highest BCUT2D eigenvalue weighted by Gasteiger charge is 2.24. The second-order valence-electron chi connectivity index (χ2n) is 4.34. The van der Waals surface area contributed by atoms with E-state index in [0.29, 0.717) is 12.1 Å². The van der Waals surface area contributed by atoms with Gasteiger partial charge in [-0.05, 0) is 18.5 Å². The zero-order chi connectivity index (χ0) is 11.9. The summed E-state index contributed by atoms with van der Waals surface area (Å²) in [5.74, 6) is 2.26. The topological polar surface area (TPSA) is 21.3 Å². The lowest BCUT2D eigenvalue weighted by Crippen LogP contribution is -2.46. The first-order valence-corrected chi connectivity index (χ1v) is 7.52. The van der Waals surface area contributed by atoms with Crippen LogP contribution < -0.4 is 5.32 Å². The fourth-order valence-electron chi connectivity index (χ4n) is 2.20. The number of nitrogens with one attached hydrogen (secondary N) is 1. The first-order chi connectivity index (χ1) is 8.40. The van der Waals surface area contributed by atoms with E-state index >= 15 is 0 Å². The lowest BCUT2D eigenvalue weighted by Gasteiger charge is -2.30. The summed E-state index contributed by atoms with van der Waals surface area (Å²) in [6, 6.07) is 11.1. The minimum atomic E-state index is 0.355. The maximum absolute atomic E-state index is 5.88. The monoisotopic (exact) mass is 251 g/mol. The van der Waals surface area contributed by atoms with Gasteiger partial charge in [0.15, 0.2) is 0 Å². The number of ether oxygens (including phenoxy) is 1. The van der Waals surface area contributed by atoms with E-state index in [-0.39, 0.29) is 0 Å². The Morgan fingerprint density at radius 1 is 1.41 bits per heavy atom. The molecule has 2 rings (SSSR count). The van der Waals surface area contributed by atoms with E-state index in [1.807, 2.05) is 11.8 Å². The molecule has 17 heavy (non-hydrogen) atoms. The van der Waals surface area contributed by atoms with E-state index in [9.17, 15) is 0 Å². The Kier molecular flexibility index (Phi) is 5.36. The maximum Gasteiger partial charge on any atom is 0.0821 e. The van der Waals surface area contributed by atoms with E-state index in [0.717, 1.165) is 31.1 Å². The summed E-state index contributed by atoms with van der Waals surface area (Å²) in [5.41, 5.74) is 1.39. The quantitative estimate of drug-likeness (QED) is 0.868. The summed E-state index contributed by atoms with van der Waals surface area (Å²) in [5, 5.41) is 3.56. The molecule has 0 saturated carbocycles. The van der Waals surface area contributed by atoms with E-state index in [1.54, 1.807) is 0 Å². The number of rotatable bonds is 5. The summed E-state index contributed by atoms with van der Waals surface area (Å²) in [6.45, 7) is 4.06. The standard InChI is InChI=1S/C14H21NOS/c1-2-15-13(14-11-17-9-8-16-14)10-12-6-4-3-5-7-12/h3-7,13-15H,2,8-11H2,1H3. The van der Waals surface area contributed by atoms with Crippen molar-refractivity contribution in [2.75, 3.05) is 24.7 Å². The lowest BCUT2D eigenvalue weighted by molar-refractivity contribution is 0.0476. The van der Waals surface area contributed by atoms with Crippen LogP contribution in [-0.4, -0.2) is 36.8 Å². The molecule has 0 radical (unpaired) electrons. The molecule has 1 heterocycles. The first kappa shape index (κ1) is 12.9. The van der Waals surface area contributed by atoms with Gasteiger partial charge in [0.2, 0.25) is 0 Å². The van der Waals surface area contributed by atoms with Gasteiger partial charge in [0.1, 0.15) is 0 Å². The van der Waals surface area contributed by atoms with Crippen molar-refractivity contribution < 1.29 is 4.74 Å². The van der Waals surface area contributed by atoms with Gasteiger partial charge in [-0.3, -0.25) is 0 Å². The van der Waals surface area contributed by atoms with E-state index < -0.39 is 0 Å². The van der Waals surface area contributed by atoms with E-state index in [4.69, 9.17) is 4.74 Å². The van der Waals surface area contributed by atoms with Gasteiger partial charge in [0.25, 0.3) is 0 Å². The van der Waals surface area contributed by atoms with Crippen LogP contribution in [0, 0.1) is 0 Å². The first-order valence-electron chi connectivity index (χ1n) is 6.37. The van der Waals surface area contributed by atoms with Crippen LogP contribution in [0.2, 0.25) is 0 Å². The molecule has 1 aromatic carbocycles. The molecule has 2 unspecified atom stereocenters. The van der Waals surface area contributed by atoms with Crippen molar-refractivity contribution in [3.63, 3.8) is 0 Å². The lowest BCUT2D eigenvalue weighted by atomic mass is 10.0. The SMILES string of the molecule is CCNC(Cc1ccccc1)C1CSCCO1. The fraction of sp³-hybridized carbons (Fsp3) is 0.571. The van der Waals surface area contributed by atoms with Crippen LogP contribution in [0.5, 0.6) is 0 Å². The number of thioether (sulfide) groups is 1. The van der Waals surface area contributed by atoms with Gasteiger partial charge in [-0.1, -0.05) is 37.3 Å². The van der Waals surface area contributed by atoms with E-state index in [1.165, 1.54) is 5.56 Å². The smallest absolute Gasteiger partial charge is 0.0821 e. The van der Waals surface area contributed by atoms with Crippen molar-refractivity contribution in [3.05, 3.63) is 35.9 Å². The molecule has 1 aliphatic rings. The molecule has 1 aliphatic heterocycles. The van der Waals surface area contributed by atoms with Crippen molar-refractivity contribution in [2.45, 2.75) is 25.5 Å². The van der Waals surface area contributed by atoms with Crippen LogP contribution in [0.4, 0.5) is 0 Å². The minimum Gasteiger partial charge on any atom is -0.375 e. The number of likely N-dealkylation sites (N-methyl/N-ethyl adjacent to an activating group) is 1. The van der Waals surface area contributed by atoms with Gasteiger partial charge in [-0.25, -0.2) is 0 Å². The summed E-state index contributed by atoms with van der Waals surface area (Å²) in [4.78, 5) is 0. The molecule has 0 aromatic heterocycles. The number of hydrogen-bond acceptors (Lipinski definition) is 3. The average molecular weight is 251 g/mol. The summed E-state index contributed by atoms with van der Waals surface area (Å²) in [6.07, 6.45) is 1.41. The van der Waals surface area contributed by atoms with Crippen molar-refractivity contribution in [1.29, 1.82) is 0 Å². The highest BCUT2D eigenvalue weighted by atomic mass is 32.2.